The number of aryl methyl sites for hydroxylation is 2. The van der Waals surface area contributed by atoms with E-state index in [0.717, 1.165) is 36.6 Å². The molecule has 0 aliphatic carbocycles. The first-order chi connectivity index (χ1) is 14.4. The van der Waals surface area contributed by atoms with E-state index in [9.17, 15) is 0 Å². The van der Waals surface area contributed by atoms with Gasteiger partial charge in [-0.1, -0.05) is 59.9 Å². The minimum Gasteiger partial charge on any atom is -0.340 e. The molecule has 5 aromatic rings. The fraction of sp³-hybridized carbons (Fsp3) is 0.208. The summed E-state index contributed by atoms with van der Waals surface area (Å²) in [4.78, 5) is 6.06. The van der Waals surface area contributed by atoms with Crippen LogP contribution in [0.3, 0.4) is 0 Å². The van der Waals surface area contributed by atoms with E-state index in [0.29, 0.717) is 0 Å². The van der Waals surface area contributed by atoms with Gasteiger partial charge in [-0.15, -0.1) is 0 Å². The van der Waals surface area contributed by atoms with Gasteiger partial charge in [0, 0.05) is 47.2 Å². The molecule has 0 saturated heterocycles. The van der Waals surface area contributed by atoms with Crippen molar-refractivity contribution in [3.63, 3.8) is 0 Å². The number of thiol groups is 1. The summed E-state index contributed by atoms with van der Waals surface area (Å²) < 4.78 is 6.02. The number of nitrogens with zero attached hydrogens (tertiary/aromatic N) is 3. The molecule has 29 heavy (non-hydrogen) atoms. The smallest absolute Gasteiger partial charge is 0.185 e. The van der Waals surface area contributed by atoms with Crippen LogP contribution in [0.25, 0.3) is 32.0 Å². The molecule has 0 N–H and O–H groups in total. The Labute approximate surface area is 179 Å². The second-order valence-corrected chi connectivity index (χ2v) is 8.61. The van der Waals surface area contributed by atoms with Crippen LogP contribution in [0.4, 0.5) is 0 Å². The standard InChI is InChI=1S/C24H23N3S2/c28-17-16-27-22-12-5-6-13-23(22)29-24(27)25-14-7-15-26-20-10-3-1-8-18(20)19-9-2-4-11-21(19)26/h1-6,8-13,28H,7,14-17H2/b25-24+. The number of aromatic nitrogens is 2. The lowest BCUT2D eigenvalue weighted by atomic mass is 10.2. The van der Waals surface area contributed by atoms with E-state index in [1.165, 1.54) is 32.0 Å². The molecule has 5 heteroatoms. The van der Waals surface area contributed by atoms with Gasteiger partial charge in [0.2, 0.25) is 0 Å². The Morgan fingerprint density at radius 3 is 2.03 bits per heavy atom. The van der Waals surface area contributed by atoms with Crippen LogP contribution in [0, 0.1) is 0 Å². The number of para-hydroxylation sites is 3. The molecule has 3 nitrogen and oxygen atoms in total. The summed E-state index contributed by atoms with van der Waals surface area (Å²) >= 11 is 6.21. The summed E-state index contributed by atoms with van der Waals surface area (Å²) in [5.41, 5.74) is 3.87. The molecule has 0 fully saturated rings. The zero-order valence-electron chi connectivity index (χ0n) is 16.2. The van der Waals surface area contributed by atoms with Gasteiger partial charge in [0.25, 0.3) is 0 Å². The zero-order chi connectivity index (χ0) is 19.6. The lowest BCUT2D eigenvalue weighted by Gasteiger charge is -2.06. The highest BCUT2D eigenvalue weighted by Gasteiger charge is 2.09. The molecule has 5 rings (SSSR count). The van der Waals surface area contributed by atoms with Crippen molar-refractivity contribution >= 4 is 56.0 Å². The number of hydrogen-bond donors (Lipinski definition) is 1. The lowest BCUT2D eigenvalue weighted by molar-refractivity contribution is 0.671. The Bertz CT molecular complexity index is 1300. The molecule has 2 heterocycles. The van der Waals surface area contributed by atoms with E-state index in [1.807, 2.05) is 0 Å². The third-order valence-electron chi connectivity index (χ3n) is 5.38. The molecule has 0 spiro atoms. The summed E-state index contributed by atoms with van der Waals surface area (Å²) in [6, 6.07) is 25.9. The quantitative estimate of drug-likeness (QED) is 0.269. The average molecular weight is 418 g/mol. The van der Waals surface area contributed by atoms with Gasteiger partial charge in [-0.2, -0.15) is 12.6 Å². The Morgan fingerprint density at radius 1 is 0.724 bits per heavy atom. The van der Waals surface area contributed by atoms with E-state index in [1.54, 1.807) is 11.3 Å². The van der Waals surface area contributed by atoms with Gasteiger partial charge < -0.3 is 9.13 Å². The van der Waals surface area contributed by atoms with Gasteiger partial charge in [-0.3, -0.25) is 4.99 Å². The number of fused-ring (bicyclic) bond motifs is 4. The van der Waals surface area contributed by atoms with Crippen LogP contribution in [0.5, 0.6) is 0 Å². The highest BCUT2D eigenvalue weighted by atomic mass is 32.1. The van der Waals surface area contributed by atoms with E-state index >= 15 is 0 Å². The molecule has 0 aliphatic heterocycles. The summed E-state index contributed by atoms with van der Waals surface area (Å²) in [5.74, 6) is 0.815. The summed E-state index contributed by atoms with van der Waals surface area (Å²) in [5, 5.41) is 2.66. The molecule has 3 aromatic carbocycles. The number of benzene rings is 3. The maximum atomic E-state index is 4.96. The second-order valence-electron chi connectivity index (χ2n) is 7.15. The van der Waals surface area contributed by atoms with Gasteiger partial charge in [-0.25, -0.2) is 0 Å². The molecular formula is C24H23N3S2. The number of thiazole rings is 1. The van der Waals surface area contributed by atoms with E-state index < -0.39 is 0 Å². The van der Waals surface area contributed by atoms with Crippen LogP contribution >= 0.6 is 24.0 Å². The number of rotatable bonds is 6. The maximum absolute atomic E-state index is 4.96. The molecule has 0 saturated carbocycles. The van der Waals surface area contributed by atoms with E-state index in [4.69, 9.17) is 4.99 Å². The van der Waals surface area contributed by atoms with Gasteiger partial charge in [-0.05, 0) is 30.7 Å². The monoisotopic (exact) mass is 417 g/mol. The van der Waals surface area contributed by atoms with Crippen LogP contribution in [0.15, 0.2) is 77.8 Å². The van der Waals surface area contributed by atoms with Crippen molar-refractivity contribution in [2.45, 2.75) is 19.5 Å². The first kappa shape index (κ1) is 18.5. The minimum absolute atomic E-state index is 0.815. The molecule has 0 atom stereocenters. The molecule has 0 unspecified atom stereocenters. The molecule has 2 aromatic heterocycles. The normalized spacial score (nSPS) is 12.5. The zero-order valence-corrected chi connectivity index (χ0v) is 17.9. The third kappa shape index (κ3) is 3.38. The van der Waals surface area contributed by atoms with Crippen LogP contribution in [-0.4, -0.2) is 21.4 Å². The molecule has 0 aliphatic rings. The first-order valence-electron chi connectivity index (χ1n) is 10.0. The van der Waals surface area contributed by atoms with Gasteiger partial charge in [0.05, 0.1) is 10.2 Å². The second kappa shape index (κ2) is 8.09. The van der Waals surface area contributed by atoms with Gasteiger partial charge >= 0.3 is 0 Å². The highest BCUT2D eigenvalue weighted by Crippen LogP contribution is 2.28. The van der Waals surface area contributed by atoms with Crippen LogP contribution in [0.1, 0.15) is 6.42 Å². The largest absolute Gasteiger partial charge is 0.340 e. The Morgan fingerprint density at radius 2 is 1.34 bits per heavy atom. The molecular weight excluding hydrogens is 394 g/mol. The predicted octanol–water partition coefficient (Wildman–Crippen LogP) is 5.73. The van der Waals surface area contributed by atoms with Crippen molar-refractivity contribution in [2.24, 2.45) is 4.99 Å². The first-order valence-corrected chi connectivity index (χ1v) is 11.5. The lowest BCUT2D eigenvalue weighted by Crippen LogP contribution is -2.16. The van der Waals surface area contributed by atoms with Crippen molar-refractivity contribution in [2.75, 3.05) is 12.3 Å². The highest BCUT2D eigenvalue weighted by molar-refractivity contribution is 7.80. The fourth-order valence-corrected chi connectivity index (χ4v) is 5.39. The van der Waals surface area contributed by atoms with Crippen LogP contribution in [-0.2, 0) is 13.1 Å². The Hall–Kier alpha value is -2.50. The summed E-state index contributed by atoms with van der Waals surface area (Å²) in [6.45, 7) is 2.67. The Kier molecular flexibility index (Phi) is 5.17. The molecule has 0 amide bonds. The maximum Gasteiger partial charge on any atom is 0.185 e. The van der Waals surface area contributed by atoms with Crippen LogP contribution < -0.4 is 4.80 Å². The summed E-state index contributed by atoms with van der Waals surface area (Å²) in [6.07, 6.45) is 1.01. The predicted molar refractivity (Wildman–Crippen MR) is 128 cm³/mol. The van der Waals surface area contributed by atoms with E-state index in [-0.39, 0.29) is 0 Å². The van der Waals surface area contributed by atoms with Crippen molar-refractivity contribution in [1.82, 2.24) is 9.13 Å². The number of hydrogen-bond acceptors (Lipinski definition) is 3. The molecule has 0 radical (unpaired) electrons. The molecule has 0 bridgehead atoms. The fourth-order valence-electron chi connectivity index (χ4n) is 4.10. The van der Waals surface area contributed by atoms with E-state index in [2.05, 4.69) is 94.6 Å². The average Bonchev–Trinajstić information content (AvgIpc) is 3.28. The topological polar surface area (TPSA) is 22.2 Å². The van der Waals surface area contributed by atoms with Gasteiger partial charge in [0.15, 0.2) is 4.80 Å². The van der Waals surface area contributed by atoms with Crippen molar-refractivity contribution in [3.8, 4) is 0 Å². The van der Waals surface area contributed by atoms with Crippen molar-refractivity contribution < 1.29 is 0 Å². The van der Waals surface area contributed by atoms with Crippen LogP contribution in [0.2, 0.25) is 0 Å². The Balaban J connectivity index is 1.44. The SMILES string of the molecule is SCCn1/c(=N\CCCn2c3ccccc3c3ccccc32)sc2ccccc21. The van der Waals surface area contributed by atoms with Crippen molar-refractivity contribution in [3.05, 3.63) is 77.6 Å². The summed E-state index contributed by atoms with van der Waals surface area (Å²) in [7, 11) is 0. The molecule has 146 valence electrons. The third-order valence-corrected chi connectivity index (χ3v) is 6.68. The van der Waals surface area contributed by atoms with Crippen molar-refractivity contribution in [1.29, 1.82) is 0 Å². The van der Waals surface area contributed by atoms with Gasteiger partial charge in [0.1, 0.15) is 0 Å². The minimum atomic E-state index is 0.815.